The minimum atomic E-state index is -0.0163. The molecule has 1 saturated carbocycles. The Balaban J connectivity index is 1.53. The summed E-state index contributed by atoms with van der Waals surface area (Å²) in [4.78, 5) is 15.7. The van der Waals surface area contributed by atoms with E-state index in [4.69, 9.17) is 0 Å². The molecule has 0 spiro atoms. The number of aromatic nitrogens is 1. The SMILES string of the molecule is O=C(NCC1(c2c[nH]c3ccccc23)CC1)c1cccc(Br)c1. The number of carbonyl (C=O) groups excluding carboxylic acids is 1. The third-order valence-electron chi connectivity index (χ3n) is 4.69. The molecule has 1 aliphatic carbocycles. The van der Waals surface area contributed by atoms with Gasteiger partial charge in [-0.1, -0.05) is 40.2 Å². The smallest absolute Gasteiger partial charge is 0.251 e. The lowest BCUT2D eigenvalue weighted by Gasteiger charge is -2.16. The van der Waals surface area contributed by atoms with Crippen molar-refractivity contribution in [2.45, 2.75) is 18.3 Å². The fourth-order valence-corrected chi connectivity index (χ4v) is 3.58. The maximum atomic E-state index is 12.4. The van der Waals surface area contributed by atoms with Gasteiger partial charge < -0.3 is 10.3 Å². The van der Waals surface area contributed by atoms with E-state index in [-0.39, 0.29) is 11.3 Å². The lowest BCUT2D eigenvalue weighted by atomic mass is 9.95. The molecule has 3 nitrogen and oxygen atoms in total. The lowest BCUT2D eigenvalue weighted by Crippen LogP contribution is -2.32. The van der Waals surface area contributed by atoms with Crippen LogP contribution >= 0.6 is 15.9 Å². The highest BCUT2D eigenvalue weighted by Crippen LogP contribution is 2.49. The number of hydrogen-bond acceptors (Lipinski definition) is 1. The molecule has 0 bridgehead atoms. The Kier molecular flexibility index (Phi) is 3.49. The zero-order valence-corrected chi connectivity index (χ0v) is 14.2. The second kappa shape index (κ2) is 5.53. The number of H-pyrrole nitrogens is 1. The molecule has 1 heterocycles. The number of carbonyl (C=O) groups is 1. The van der Waals surface area contributed by atoms with Crippen molar-refractivity contribution in [3.63, 3.8) is 0 Å². The van der Waals surface area contributed by atoms with Crippen molar-refractivity contribution in [3.05, 3.63) is 70.3 Å². The lowest BCUT2D eigenvalue weighted by molar-refractivity contribution is 0.0949. The summed E-state index contributed by atoms with van der Waals surface area (Å²) in [7, 11) is 0. The molecular weight excluding hydrogens is 352 g/mol. The molecule has 2 aromatic carbocycles. The van der Waals surface area contributed by atoms with Gasteiger partial charge >= 0.3 is 0 Å². The van der Waals surface area contributed by atoms with E-state index in [1.807, 2.05) is 30.3 Å². The van der Waals surface area contributed by atoms with Gasteiger partial charge in [0.05, 0.1) is 0 Å². The van der Waals surface area contributed by atoms with Gasteiger partial charge in [-0.2, -0.15) is 0 Å². The van der Waals surface area contributed by atoms with E-state index < -0.39 is 0 Å². The number of benzene rings is 2. The number of para-hydroxylation sites is 1. The summed E-state index contributed by atoms with van der Waals surface area (Å²) >= 11 is 3.41. The molecule has 4 heteroatoms. The van der Waals surface area contributed by atoms with Crippen LogP contribution < -0.4 is 5.32 Å². The van der Waals surface area contributed by atoms with Gasteiger partial charge in [-0.25, -0.2) is 0 Å². The van der Waals surface area contributed by atoms with Crippen LogP contribution in [0.4, 0.5) is 0 Å². The summed E-state index contributed by atoms with van der Waals surface area (Å²) < 4.78 is 0.919. The van der Waals surface area contributed by atoms with Crippen molar-refractivity contribution in [1.82, 2.24) is 10.3 Å². The van der Waals surface area contributed by atoms with Crippen LogP contribution in [0.2, 0.25) is 0 Å². The van der Waals surface area contributed by atoms with Crippen molar-refractivity contribution in [2.24, 2.45) is 0 Å². The molecular formula is C19H17BrN2O. The Morgan fingerprint density at radius 1 is 1.17 bits per heavy atom. The molecule has 3 aromatic rings. The molecule has 1 aromatic heterocycles. The quantitative estimate of drug-likeness (QED) is 0.704. The monoisotopic (exact) mass is 368 g/mol. The number of halogens is 1. The van der Waals surface area contributed by atoms with E-state index in [1.54, 1.807) is 0 Å². The first-order valence-electron chi connectivity index (χ1n) is 7.78. The van der Waals surface area contributed by atoms with E-state index in [0.717, 1.165) is 22.8 Å². The maximum absolute atomic E-state index is 12.4. The van der Waals surface area contributed by atoms with E-state index in [0.29, 0.717) is 12.1 Å². The Morgan fingerprint density at radius 2 is 2.00 bits per heavy atom. The van der Waals surface area contributed by atoms with Gasteiger partial charge in [0.15, 0.2) is 0 Å². The number of aromatic amines is 1. The zero-order chi connectivity index (χ0) is 15.9. The normalized spacial score (nSPS) is 15.5. The third-order valence-corrected chi connectivity index (χ3v) is 5.18. The number of hydrogen-bond donors (Lipinski definition) is 2. The molecule has 23 heavy (non-hydrogen) atoms. The Morgan fingerprint density at radius 3 is 2.78 bits per heavy atom. The summed E-state index contributed by atoms with van der Waals surface area (Å²) in [5.74, 6) is -0.0163. The third kappa shape index (κ3) is 2.68. The topological polar surface area (TPSA) is 44.9 Å². The summed E-state index contributed by atoms with van der Waals surface area (Å²) in [6.07, 6.45) is 4.34. The molecule has 1 aliphatic rings. The van der Waals surface area contributed by atoms with Crippen molar-refractivity contribution < 1.29 is 4.79 Å². The minimum absolute atomic E-state index is 0.0163. The predicted molar refractivity (Wildman–Crippen MR) is 95.7 cm³/mol. The van der Waals surface area contributed by atoms with E-state index >= 15 is 0 Å². The van der Waals surface area contributed by atoms with Crippen LogP contribution in [0, 0.1) is 0 Å². The minimum Gasteiger partial charge on any atom is -0.361 e. The number of fused-ring (bicyclic) bond motifs is 1. The van der Waals surface area contributed by atoms with E-state index in [9.17, 15) is 4.79 Å². The molecule has 1 fully saturated rings. The second-order valence-corrected chi connectivity index (χ2v) is 7.14. The van der Waals surface area contributed by atoms with Crippen molar-refractivity contribution in [2.75, 3.05) is 6.54 Å². The highest BCUT2D eigenvalue weighted by molar-refractivity contribution is 9.10. The molecule has 0 saturated heterocycles. The van der Waals surface area contributed by atoms with E-state index in [1.165, 1.54) is 10.9 Å². The molecule has 116 valence electrons. The Bertz CT molecular complexity index is 880. The van der Waals surface area contributed by atoms with Crippen molar-refractivity contribution in [3.8, 4) is 0 Å². The van der Waals surface area contributed by atoms with Gasteiger partial charge in [-0.3, -0.25) is 4.79 Å². The standard InChI is InChI=1S/C19H17BrN2O/c20-14-5-3-4-13(10-14)18(23)22-12-19(8-9-19)16-11-21-17-7-2-1-6-15(16)17/h1-7,10-11,21H,8-9,12H2,(H,22,23). The van der Waals surface area contributed by atoms with Crippen LogP contribution in [0.15, 0.2) is 59.2 Å². The molecule has 4 rings (SSSR count). The number of rotatable bonds is 4. The second-order valence-electron chi connectivity index (χ2n) is 6.22. The first-order valence-corrected chi connectivity index (χ1v) is 8.58. The van der Waals surface area contributed by atoms with Crippen LogP contribution in [0.5, 0.6) is 0 Å². The summed E-state index contributed by atoms with van der Waals surface area (Å²) in [6.45, 7) is 0.681. The number of amides is 1. The highest BCUT2D eigenvalue weighted by Gasteiger charge is 2.45. The predicted octanol–water partition coefficient (Wildman–Crippen LogP) is 4.39. The highest BCUT2D eigenvalue weighted by atomic mass is 79.9. The van der Waals surface area contributed by atoms with Crippen molar-refractivity contribution in [1.29, 1.82) is 0 Å². The van der Waals surface area contributed by atoms with E-state index in [2.05, 4.69) is 50.6 Å². The molecule has 2 N–H and O–H groups in total. The first kappa shape index (κ1) is 14.5. The zero-order valence-electron chi connectivity index (χ0n) is 12.6. The van der Waals surface area contributed by atoms with Crippen LogP contribution in [-0.4, -0.2) is 17.4 Å². The maximum Gasteiger partial charge on any atom is 0.251 e. The molecule has 0 radical (unpaired) electrons. The Labute approximate surface area is 143 Å². The summed E-state index contributed by atoms with van der Waals surface area (Å²) in [5.41, 5.74) is 3.25. The van der Waals surface area contributed by atoms with Crippen LogP contribution in [-0.2, 0) is 5.41 Å². The number of nitrogens with one attached hydrogen (secondary N) is 2. The van der Waals surface area contributed by atoms with Gasteiger partial charge in [0.1, 0.15) is 0 Å². The largest absolute Gasteiger partial charge is 0.361 e. The van der Waals surface area contributed by atoms with Crippen LogP contribution in [0.3, 0.4) is 0 Å². The average Bonchev–Trinajstić information content (AvgIpc) is 3.23. The molecule has 1 amide bonds. The fraction of sp³-hybridized carbons (Fsp3) is 0.211. The van der Waals surface area contributed by atoms with Gasteiger partial charge in [0, 0.05) is 39.1 Å². The van der Waals surface area contributed by atoms with Gasteiger partial charge in [0.25, 0.3) is 5.91 Å². The van der Waals surface area contributed by atoms with Crippen molar-refractivity contribution >= 4 is 32.7 Å². The summed E-state index contributed by atoms with van der Waals surface area (Å²) in [6, 6.07) is 15.8. The molecule has 0 aliphatic heterocycles. The van der Waals surface area contributed by atoms with Gasteiger partial charge in [-0.15, -0.1) is 0 Å². The van der Waals surface area contributed by atoms with Gasteiger partial charge in [-0.05, 0) is 42.7 Å². The first-order chi connectivity index (χ1) is 11.2. The molecule has 0 atom stereocenters. The van der Waals surface area contributed by atoms with Gasteiger partial charge in [0.2, 0.25) is 0 Å². The fourth-order valence-electron chi connectivity index (χ4n) is 3.18. The summed E-state index contributed by atoms with van der Waals surface area (Å²) in [5, 5.41) is 4.37. The average molecular weight is 369 g/mol. The van der Waals surface area contributed by atoms with Crippen LogP contribution in [0.25, 0.3) is 10.9 Å². The van der Waals surface area contributed by atoms with Crippen LogP contribution in [0.1, 0.15) is 28.8 Å². The molecule has 0 unspecified atom stereocenters. The Hall–Kier alpha value is -2.07.